The average Bonchev–Trinajstić information content (AvgIpc) is 2.68. The minimum Gasteiger partial charge on any atom is -0.384 e. The van der Waals surface area contributed by atoms with Crippen molar-refractivity contribution in [2.45, 2.75) is 6.54 Å². The number of nitrogens with zero attached hydrogens (tertiary/aromatic N) is 3. The lowest BCUT2D eigenvalue weighted by atomic mass is 10.3. The van der Waals surface area contributed by atoms with Gasteiger partial charge in [0.15, 0.2) is 0 Å². The molecule has 2 N–H and O–H groups in total. The van der Waals surface area contributed by atoms with Crippen molar-refractivity contribution < 1.29 is 9.59 Å². The quantitative estimate of drug-likeness (QED) is 0.657. The second-order valence-corrected chi connectivity index (χ2v) is 3.27. The summed E-state index contributed by atoms with van der Waals surface area (Å²) in [4.78, 5) is 23.6. The summed E-state index contributed by atoms with van der Waals surface area (Å²) in [5.41, 5.74) is 6.37. The van der Waals surface area contributed by atoms with E-state index in [1.165, 1.54) is 16.8 Å². The molecule has 6 nitrogen and oxygen atoms in total. The van der Waals surface area contributed by atoms with E-state index in [2.05, 4.69) is 5.10 Å². The van der Waals surface area contributed by atoms with Crippen LogP contribution in [0.25, 0.3) is 0 Å². The molecule has 1 aliphatic rings. The van der Waals surface area contributed by atoms with Gasteiger partial charge in [-0.1, -0.05) is 0 Å². The number of imide groups is 1. The third-order valence-electron chi connectivity index (χ3n) is 2.29. The molecule has 0 saturated carbocycles. The number of nitrogens with two attached hydrogens (primary N) is 1. The van der Waals surface area contributed by atoms with E-state index in [0.717, 1.165) is 4.90 Å². The first-order valence-corrected chi connectivity index (χ1v) is 4.39. The lowest BCUT2D eigenvalue weighted by Gasteiger charge is -2.12. The van der Waals surface area contributed by atoms with Crippen molar-refractivity contribution in [3.8, 4) is 0 Å². The van der Waals surface area contributed by atoms with Crippen molar-refractivity contribution in [1.29, 1.82) is 0 Å². The molecule has 2 rings (SSSR count). The zero-order chi connectivity index (χ0) is 11.0. The van der Waals surface area contributed by atoms with Crippen LogP contribution in [-0.2, 0) is 23.2 Å². The molecule has 0 bridgehead atoms. The maximum absolute atomic E-state index is 11.3. The summed E-state index contributed by atoms with van der Waals surface area (Å²) in [6.45, 7) is 0.171. The number of amides is 2. The molecule has 0 unspecified atom stereocenters. The average molecular weight is 206 g/mol. The Kier molecular flexibility index (Phi) is 2.03. The fraction of sp³-hybridized carbons (Fsp3) is 0.222. The van der Waals surface area contributed by atoms with E-state index in [4.69, 9.17) is 5.73 Å². The molecule has 0 saturated heterocycles. The molecule has 0 spiro atoms. The zero-order valence-electron chi connectivity index (χ0n) is 8.17. The number of nitrogen functional groups attached to an aromatic ring is 1. The number of carbonyl (C=O) groups is 2. The molecule has 2 heterocycles. The van der Waals surface area contributed by atoms with Gasteiger partial charge in [0.1, 0.15) is 5.82 Å². The Morgan fingerprint density at radius 1 is 1.33 bits per heavy atom. The third-order valence-corrected chi connectivity index (χ3v) is 2.29. The highest BCUT2D eigenvalue weighted by atomic mass is 16.2. The molecule has 0 aliphatic carbocycles. The number of aromatic nitrogens is 2. The zero-order valence-corrected chi connectivity index (χ0v) is 8.17. The van der Waals surface area contributed by atoms with E-state index >= 15 is 0 Å². The summed E-state index contributed by atoms with van der Waals surface area (Å²) in [5.74, 6) is -0.172. The third kappa shape index (κ3) is 1.50. The van der Waals surface area contributed by atoms with Gasteiger partial charge in [-0.15, -0.1) is 0 Å². The smallest absolute Gasteiger partial charge is 0.253 e. The molecule has 15 heavy (non-hydrogen) atoms. The van der Waals surface area contributed by atoms with Crippen molar-refractivity contribution in [2.75, 3.05) is 5.73 Å². The highest BCUT2D eigenvalue weighted by Gasteiger charge is 2.24. The SMILES string of the molecule is Cn1ncc(CN2C(=O)C=CC2=O)c1N. The van der Waals surface area contributed by atoms with Crippen LogP contribution in [0, 0.1) is 0 Å². The summed E-state index contributed by atoms with van der Waals surface area (Å²) in [5, 5.41) is 3.93. The lowest BCUT2D eigenvalue weighted by Crippen LogP contribution is -2.29. The van der Waals surface area contributed by atoms with Gasteiger partial charge >= 0.3 is 0 Å². The van der Waals surface area contributed by atoms with Gasteiger partial charge in [0.25, 0.3) is 11.8 Å². The number of hydrogen-bond donors (Lipinski definition) is 1. The van der Waals surface area contributed by atoms with E-state index in [9.17, 15) is 9.59 Å². The van der Waals surface area contributed by atoms with Gasteiger partial charge in [-0.3, -0.25) is 19.2 Å². The van der Waals surface area contributed by atoms with Gasteiger partial charge in [0.05, 0.1) is 12.7 Å². The van der Waals surface area contributed by atoms with Crippen LogP contribution in [0.1, 0.15) is 5.56 Å². The van der Waals surface area contributed by atoms with E-state index in [-0.39, 0.29) is 18.4 Å². The Labute approximate surface area is 86.0 Å². The maximum atomic E-state index is 11.3. The van der Waals surface area contributed by atoms with E-state index in [0.29, 0.717) is 11.4 Å². The lowest BCUT2D eigenvalue weighted by molar-refractivity contribution is -0.137. The standard InChI is InChI=1S/C9H10N4O2/c1-12-9(10)6(4-11-12)5-13-7(14)2-3-8(13)15/h2-4H,5,10H2,1H3. The van der Waals surface area contributed by atoms with Crippen molar-refractivity contribution >= 4 is 17.6 Å². The highest BCUT2D eigenvalue weighted by molar-refractivity contribution is 6.12. The highest BCUT2D eigenvalue weighted by Crippen LogP contribution is 2.15. The first kappa shape index (κ1) is 9.45. The summed E-state index contributed by atoms with van der Waals surface area (Å²) < 4.78 is 1.49. The predicted molar refractivity (Wildman–Crippen MR) is 52.3 cm³/mol. The predicted octanol–water partition coefficient (Wildman–Crippen LogP) is -0.573. The molecule has 2 amide bonds. The van der Waals surface area contributed by atoms with Gasteiger partial charge in [-0.05, 0) is 0 Å². The first-order valence-electron chi connectivity index (χ1n) is 4.39. The van der Waals surface area contributed by atoms with Gasteiger partial charge < -0.3 is 5.73 Å². The van der Waals surface area contributed by atoms with E-state index in [1.54, 1.807) is 13.2 Å². The van der Waals surface area contributed by atoms with Crippen molar-refractivity contribution in [3.05, 3.63) is 23.9 Å². The second-order valence-electron chi connectivity index (χ2n) is 3.27. The van der Waals surface area contributed by atoms with Crippen LogP contribution in [-0.4, -0.2) is 26.5 Å². The number of rotatable bonds is 2. The van der Waals surface area contributed by atoms with Crippen LogP contribution < -0.4 is 5.73 Å². The number of carbonyl (C=O) groups excluding carboxylic acids is 2. The minimum absolute atomic E-state index is 0.171. The maximum Gasteiger partial charge on any atom is 0.253 e. The first-order chi connectivity index (χ1) is 7.09. The molecule has 0 atom stereocenters. The van der Waals surface area contributed by atoms with Gasteiger partial charge in [-0.25, -0.2) is 0 Å². The van der Waals surface area contributed by atoms with Crippen LogP contribution in [0.2, 0.25) is 0 Å². The number of hydrogen-bond acceptors (Lipinski definition) is 4. The van der Waals surface area contributed by atoms with Crippen LogP contribution >= 0.6 is 0 Å². The molecule has 0 radical (unpaired) electrons. The Hall–Kier alpha value is -2.11. The monoisotopic (exact) mass is 206 g/mol. The fourth-order valence-corrected chi connectivity index (χ4v) is 1.37. The van der Waals surface area contributed by atoms with Crippen molar-refractivity contribution in [2.24, 2.45) is 7.05 Å². The van der Waals surface area contributed by atoms with Gasteiger partial charge in [0.2, 0.25) is 0 Å². The van der Waals surface area contributed by atoms with Gasteiger partial charge in [0, 0.05) is 24.8 Å². The van der Waals surface area contributed by atoms with Crippen LogP contribution in [0.15, 0.2) is 18.3 Å². The topological polar surface area (TPSA) is 81.2 Å². The largest absolute Gasteiger partial charge is 0.384 e. The molecule has 0 fully saturated rings. The van der Waals surface area contributed by atoms with Crippen LogP contribution in [0.5, 0.6) is 0 Å². The van der Waals surface area contributed by atoms with Crippen LogP contribution in [0.4, 0.5) is 5.82 Å². The molecular formula is C9H10N4O2. The minimum atomic E-state index is -0.316. The molecule has 6 heteroatoms. The molecule has 78 valence electrons. The van der Waals surface area contributed by atoms with Gasteiger partial charge in [-0.2, -0.15) is 5.10 Å². The molecule has 1 aliphatic heterocycles. The molecule has 0 aromatic carbocycles. The van der Waals surface area contributed by atoms with Crippen LogP contribution in [0.3, 0.4) is 0 Å². The van der Waals surface area contributed by atoms with Crippen molar-refractivity contribution in [3.63, 3.8) is 0 Å². The van der Waals surface area contributed by atoms with E-state index in [1.807, 2.05) is 0 Å². The summed E-state index contributed by atoms with van der Waals surface area (Å²) in [7, 11) is 1.70. The Morgan fingerprint density at radius 3 is 2.40 bits per heavy atom. The fourth-order valence-electron chi connectivity index (χ4n) is 1.37. The number of anilines is 1. The summed E-state index contributed by atoms with van der Waals surface area (Å²) in [6.07, 6.45) is 4.04. The Morgan fingerprint density at radius 2 is 1.93 bits per heavy atom. The normalized spacial score (nSPS) is 15.4. The molecular weight excluding hydrogens is 196 g/mol. The molecule has 1 aromatic rings. The summed E-state index contributed by atoms with van der Waals surface area (Å²) >= 11 is 0. The summed E-state index contributed by atoms with van der Waals surface area (Å²) in [6, 6.07) is 0. The number of aryl methyl sites for hydroxylation is 1. The Bertz CT molecular complexity index is 443. The second kappa shape index (κ2) is 3.23. The van der Waals surface area contributed by atoms with E-state index < -0.39 is 0 Å². The Balaban J connectivity index is 2.19. The molecule has 1 aromatic heterocycles. The van der Waals surface area contributed by atoms with Crippen molar-refractivity contribution in [1.82, 2.24) is 14.7 Å².